The van der Waals surface area contributed by atoms with Crippen molar-refractivity contribution in [3.63, 3.8) is 0 Å². The fraction of sp³-hybridized carbons (Fsp3) is 0.222. The molecule has 2 N–H and O–H groups in total. The topological polar surface area (TPSA) is 67.4 Å². The van der Waals surface area contributed by atoms with Crippen molar-refractivity contribution in [3.05, 3.63) is 64.1 Å². The van der Waals surface area contributed by atoms with Crippen molar-refractivity contribution >= 4 is 40.9 Å². The van der Waals surface area contributed by atoms with Gasteiger partial charge < -0.3 is 15.4 Å². The number of carbonyl (C=O) groups is 2. The number of rotatable bonds is 6. The number of halogens is 2. The summed E-state index contributed by atoms with van der Waals surface area (Å²) in [6.45, 7) is 1.96. The summed E-state index contributed by atoms with van der Waals surface area (Å²) in [6, 6.07) is 13.6. The van der Waals surface area contributed by atoms with Crippen LogP contribution in [0.4, 0.5) is 10.5 Å². The molecule has 0 aliphatic heterocycles. The van der Waals surface area contributed by atoms with Crippen LogP contribution in [0.5, 0.6) is 0 Å². The molecule has 0 spiro atoms. The predicted octanol–water partition coefficient (Wildman–Crippen LogP) is 4.81. The number of anilines is 1. The summed E-state index contributed by atoms with van der Waals surface area (Å²) in [5.74, 6) is -0.310. The Kier molecular flexibility index (Phi) is 7.10. The SMILES string of the molecule is CCOC(=O)N[C@@H](CC(=O)Nc1cccc(Cl)c1Cl)c1ccccc1. The Morgan fingerprint density at radius 1 is 1.08 bits per heavy atom. The molecule has 5 nitrogen and oxygen atoms in total. The van der Waals surface area contributed by atoms with Crippen LogP contribution in [-0.4, -0.2) is 18.6 Å². The van der Waals surface area contributed by atoms with E-state index in [0.29, 0.717) is 10.7 Å². The van der Waals surface area contributed by atoms with Crippen LogP contribution in [0.2, 0.25) is 10.0 Å². The van der Waals surface area contributed by atoms with E-state index >= 15 is 0 Å². The number of hydrogen-bond acceptors (Lipinski definition) is 3. The van der Waals surface area contributed by atoms with E-state index in [1.165, 1.54) is 0 Å². The van der Waals surface area contributed by atoms with Crippen molar-refractivity contribution in [3.8, 4) is 0 Å². The van der Waals surface area contributed by atoms with Crippen LogP contribution in [0.25, 0.3) is 0 Å². The molecule has 0 aliphatic rings. The summed E-state index contributed by atoms with van der Waals surface area (Å²) < 4.78 is 4.91. The van der Waals surface area contributed by atoms with Crippen LogP contribution in [-0.2, 0) is 9.53 Å². The van der Waals surface area contributed by atoms with Crippen molar-refractivity contribution in [2.75, 3.05) is 11.9 Å². The molecule has 2 aromatic rings. The number of carbonyl (C=O) groups excluding carboxylic acids is 2. The van der Waals surface area contributed by atoms with E-state index in [4.69, 9.17) is 27.9 Å². The van der Waals surface area contributed by atoms with E-state index in [1.807, 2.05) is 30.3 Å². The van der Waals surface area contributed by atoms with Crippen molar-refractivity contribution in [2.24, 2.45) is 0 Å². The van der Waals surface area contributed by atoms with Gasteiger partial charge >= 0.3 is 6.09 Å². The van der Waals surface area contributed by atoms with Crippen LogP contribution in [0.15, 0.2) is 48.5 Å². The molecule has 0 aromatic heterocycles. The molecule has 2 amide bonds. The first kappa shape index (κ1) is 19.1. The van der Waals surface area contributed by atoms with Gasteiger partial charge in [0.15, 0.2) is 0 Å². The Bertz CT molecular complexity index is 738. The summed E-state index contributed by atoms with van der Waals surface area (Å²) in [4.78, 5) is 24.2. The Morgan fingerprint density at radius 2 is 1.80 bits per heavy atom. The highest BCUT2D eigenvalue weighted by atomic mass is 35.5. The van der Waals surface area contributed by atoms with Crippen molar-refractivity contribution in [2.45, 2.75) is 19.4 Å². The second kappa shape index (κ2) is 9.30. The Hall–Kier alpha value is -2.24. The fourth-order valence-corrected chi connectivity index (χ4v) is 2.59. The second-order valence-electron chi connectivity index (χ2n) is 5.18. The molecule has 0 saturated heterocycles. The average molecular weight is 381 g/mol. The molecule has 0 fully saturated rings. The summed E-state index contributed by atoms with van der Waals surface area (Å²) in [5, 5.41) is 6.03. The first-order valence-electron chi connectivity index (χ1n) is 7.73. The molecule has 25 heavy (non-hydrogen) atoms. The molecule has 2 aromatic carbocycles. The van der Waals surface area contributed by atoms with E-state index < -0.39 is 12.1 Å². The number of nitrogens with one attached hydrogen (secondary N) is 2. The molecule has 0 heterocycles. The van der Waals surface area contributed by atoms with E-state index in [0.717, 1.165) is 5.56 Å². The lowest BCUT2D eigenvalue weighted by Gasteiger charge is -2.19. The minimum absolute atomic E-state index is 0.0195. The van der Waals surface area contributed by atoms with Gasteiger partial charge in [0, 0.05) is 0 Å². The highest BCUT2D eigenvalue weighted by Gasteiger charge is 2.19. The van der Waals surface area contributed by atoms with Gasteiger partial charge in [-0.3, -0.25) is 4.79 Å². The standard InChI is InChI=1S/C18H18Cl2N2O3/c1-2-25-18(24)22-15(12-7-4-3-5-8-12)11-16(23)21-14-10-6-9-13(19)17(14)20/h3-10,15H,2,11H2,1H3,(H,21,23)(H,22,24)/t15-/m0/s1. The van der Waals surface area contributed by atoms with Gasteiger partial charge in [0.2, 0.25) is 5.91 Å². The number of alkyl carbamates (subject to hydrolysis) is 1. The lowest BCUT2D eigenvalue weighted by atomic mass is 10.0. The second-order valence-corrected chi connectivity index (χ2v) is 5.97. The van der Waals surface area contributed by atoms with Gasteiger partial charge in [-0.2, -0.15) is 0 Å². The summed E-state index contributed by atoms with van der Waals surface area (Å²) in [6.07, 6.45) is -0.559. The van der Waals surface area contributed by atoms with Crippen LogP contribution < -0.4 is 10.6 Å². The summed E-state index contributed by atoms with van der Waals surface area (Å²) in [5.41, 5.74) is 1.21. The zero-order valence-corrected chi connectivity index (χ0v) is 15.1. The molecule has 0 aliphatic carbocycles. The first-order valence-corrected chi connectivity index (χ1v) is 8.49. The smallest absolute Gasteiger partial charge is 0.407 e. The van der Waals surface area contributed by atoms with Crippen LogP contribution in [0.1, 0.15) is 24.9 Å². The summed E-state index contributed by atoms with van der Waals surface area (Å²) >= 11 is 12.0. The molecule has 1 atom stereocenters. The van der Waals surface area contributed by atoms with E-state index in [-0.39, 0.29) is 24.0 Å². The maximum Gasteiger partial charge on any atom is 0.407 e. The Balaban J connectivity index is 2.11. The van der Waals surface area contributed by atoms with Crippen molar-refractivity contribution < 1.29 is 14.3 Å². The third kappa shape index (κ3) is 5.66. The van der Waals surface area contributed by atoms with Crippen LogP contribution >= 0.6 is 23.2 Å². The highest BCUT2D eigenvalue weighted by Crippen LogP contribution is 2.30. The normalized spacial score (nSPS) is 11.5. The number of hydrogen-bond donors (Lipinski definition) is 2. The average Bonchev–Trinajstić information content (AvgIpc) is 2.59. The molecule has 7 heteroatoms. The van der Waals surface area contributed by atoms with E-state index in [1.54, 1.807) is 25.1 Å². The maximum absolute atomic E-state index is 12.4. The van der Waals surface area contributed by atoms with E-state index in [9.17, 15) is 9.59 Å². The van der Waals surface area contributed by atoms with Crippen molar-refractivity contribution in [1.82, 2.24) is 5.32 Å². The fourth-order valence-electron chi connectivity index (χ4n) is 2.24. The molecule has 0 saturated carbocycles. The zero-order valence-electron chi connectivity index (χ0n) is 13.6. The van der Waals surface area contributed by atoms with Gasteiger partial charge in [0.25, 0.3) is 0 Å². The first-order chi connectivity index (χ1) is 12.0. The van der Waals surface area contributed by atoms with Crippen molar-refractivity contribution in [1.29, 1.82) is 0 Å². The third-order valence-electron chi connectivity index (χ3n) is 3.38. The van der Waals surface area contributed by atoms with Gasteiger partial charge in [-0.05, 0) is 24.6 Å². The molecule has 2 rings (SSSR count). The quantitative estimate of drug-likeness (QED) is 0.755. The van der Waals surface area contributed by atoms with Crippen LogP contribution in [0, 0.1) is 0 Å². The number of amides is 2. The lowest BCUT2D eigenvalue weighted by molar-refractivity contribution is -0.116. The van der Waals surface area contributed by atoms with Gasteiger partial charge in [-0.15, -0.1) is 0 Å². The molecule has 0 bridgehead atoms. The maximum atomic E-state index is 12.4. The summed E-state index contributed by atoms with van der Waals surface area (Å²) in [7, 11) is 0. The Morgan fingerprint density at radius 3 is 2.48 bits per heavy atom. The lowest BCUT2D eigenvalue weighted by Crippen LogP contribution is -2.32. The predicted molar refractivity (Wildman–Crippen MR) is 99.0 cm³/mol. The highest BCUT2D eigenvalue weighted by molar-refractivity contribution is 6.43. The number of ether oxygens (including phenoxy) is 1. The molecular formula is C18H18Cl2N2O3. The third-order valence-corrected chi connectivity index (χ3v) is 4.20. The van der Waals surface area contributed by atoms with Gasteiger partial charge in [-0.1, -0.05) is 59.6 Å². The largest absolute Gasteiger partial charge is 0.450 e. The van der Waals surface area contributed by atoms with Gasteiger partial charge in [0.05, 0.1) is 34.8 Å². The minimum atomic E-state index is -0.579. The zero-order chi connectivity index (χ0) is 18.2. The minimum Gasteiger partial charge on any atom is -0.450 e. The molecule has 0 unspecified atom stereocenters. The monoisotopic (exact) mass is 380 g/mol. The van der Waals surface area contributed by atoms with Crippen LogP contribution in [0.3, 0.4) is 0 Å². The molecular weight excluding hydrogens is 363 g/mol. The van der Waals surface area contributed by atoms with E-state index in [2.05, 4.69) is 10.6 Å². The molecule has 0 radical (unpaired) electrons. The number of benzene rings is 2. The Labute approximate surface area is 156 Å². The molecule has 132 valence electrons. The van der Waals surface area contributed by atoms with Gasteiger partial charge in [0.1, 0.15) is 0 Å². The van der Waals surface area contributed by atoms with Gasteiger partial charge in [-0.25, -0.2) is 4.79 Å².